The molecule has 0 aliphatic rings. The Labute approximate surface area is 97.3 Å². The zero-order valence-corrected chi connectivity index (χ0v) is 9.43. The van der Waals surface area contributed by atoms with Gasteiger partial charge in [0.2, 0.25) is 5.75 Å². The van der Waals surface area contributed by atoms with Crippen LogP contribution in [0.1, 0.15) is 34.6 Å². The molecule has 0 radical (unpaired) electrons. The molecule has 0 aromatic heterocycles. The quantitative estimate of drug-likeness (QED) is 0.338. The summed E-state index contributed by atoms with van der Waals surface area (Å²) in [7, 11) is 0. The van der Waals surface area contributed by atoms with Crippen LogP contribution in [0.15, 0.2) is 12.1 Å². The Hall–Kier alpha value is -2.24. The van der Waals surface area contributed by atoms with Gasteiger partial charge in [0.25, 0.3) is 0 Å². The zero-order chi connectivity index (χ0) is 13.0. The average Bonchev–Trinajstić information content (AvgIpc) is 2.27. The van der Waals surface area contributed by atoms with Gasteiger partial charge in [-0.1, -0.05) is 0 Å². The van der Waals surface area contributed by atoms with Crippen molar-refractivity contribution < 1.29 is 19.2 Å². The van der Waals surface area contributed by atoms with E-state index in [0.717, 1.165) is 0 Å². The molecule has 6 heteroatoms. The molecule has 0 N–H and O–H groups in total. The van der Waals surface area contributed by atoms with Gasteiger partial charge in [-0.25, -0.2) is 0 Å². The Balaban J connectivity index is 3.58. The lowest BCUT2D eigenvalue weighted by Gasteiger charge is -2.09. The number of hydrogen-bond donors (Lipinski definition) is 0. The molecule has 0 atom stereocenters. The number of carbonyl (C=O) groups is 2. The summed E-state index contributed by atoms with van der Waals surface area (Å²) in [6, 6.07) is 2.59. The van der Waals surface area contributed by atoms with Gasteiger partial charge in [-0.05, 0) is 26.0 Å². The van der Waals surface area contributed by atoms with Gasteiger partial charge in [-0.15, -0.1) is 0 Å². The first-order chi connectivity index (χ1) is 8.02. The Morgan fingerprint density at radius 3 is 2.59 bits per heavy atom. The van der Waals surface area contributed by atoms with Gasteiger partial charge >= 0.3 is 5.69 Å². The van der Waals surface area contributed by atoms with Crippen molar-refractivity contribution in [3.8, 4) is 5.75 Å². The molecule has 0 heterocycles. The Morgan fingerprint density at radius 2 is 2.18 bits per heavy atom. The second-order valence-corrected chi connectivity index (χ2v) is 3.24. The number of carbonyl (C=O) groups excluding carboxylic acids is 2. The van der Waals surface area contributed by atoms with Crippen LogP contribution >= 0.6 is 0 Å². The average molecular weight is 237 g/mol. The van der Waals surface area contributed by atoms with Crippen LogP contribution in [0.25, 0.3) is 0 Å². The molecular formula is C11H11NO5. The molecule has 1 rings (SSSR count). The number of nitro groups is 1. The van der Waals surface area contributed by atoms with Crippen molar-refractivity contribution in [2.75, 3.05) is 6.61 Å². The molecule has 0 saturated carbocycles. The van der Waals surface area contributed by atoms with E-state index in [1.807, 2.05) is 0 Å². The monoisotopic (exact) mass is 237 g/mol. The normalized spacial score (nSPS) is 9.76. The first-order valence-electron chi connectivity index (χ1n) is 4.93. The van der Waals surface area contributed by atoms with E-state index in [-0.39, 0.29) is 29.3 Å². The summed E-state index contributed by atoms with van der Waals surface area (Å²) < 4.78 is 5.11. The van der Waals surface area contributed by atoms with Gasteiger partial charge in [-0.2, -0.15) is 0 Å². The summed E-state index contributed by atoms with van der Waals surface area (Å²) in [5, 5.41) is 10.9. The highest BCUT2D eigenvalue weighted by Crippen LogP contribution is 2.34. The van der Waals surface area contributed by atoms with Crippen molar-refractivity contribution in [3.05, 3.63) is 33.4 Å². The number of nitro benzene ring substituents is 1. The molecule has 6 nitrogen and oxygen atoms in total. The van der Waals surface area contributed by atoms with Crippen molar-refractivity contribution in [1.29, 1.82) is 0 Å². The molecule has 0 bridgehead atoms. The second-order valence-electron chi connectivity index (χ2n) is 3.24. The minimum atomic E-state index is -0.721. The molecule has 0 saturated heterocycles. The lowest BCUT2D eigenvalue weighted by atomic mass is 10.1. The second kappa shape index (κ2) is 5.20. The van der Waals surface area contributed by atoms with Crippen LogP contribution in [0, 0.1) is 10.1 Å². The topological polar surface area (TPSA) is 86.5 Å². The molecule has 0 aliphatic heterocycles. The van der Waals surface area contributed by atoms with E-state index in [9.17, 15) is 19.7 Å². The predicted molar refractivity (Wildman–Crippen MR) is 59.7 cm³/mol. The van der Waals surface area contributed by atoms with Gasteiger partial charge in [0.15, 0.2) is 12.1 Å². The first-order valence-corrected chi connectivity index (χ1v) is 4.93. The molecule has 0 aliphatic carbocycles. The van der Waals surface area contributed by atoms with Crippen molar-refractivity contribution in [2.45, 2.75) is 13.8 Å². The van der Waals surface area contributed by atoms with E-state index >= 15 is 0 Å². The van der Waals surface area contributed by atoms with E-state index in [4.69, 9.17) is 4.74 Å². The minimum absolute atomic E-state index is 0.101. The standard InChI is InChI=1S/C11H11NO5/c1-3-17-11-9(7(2)14)5-4-8(6-13)10(11)12(15)16/h4-6H,3H2,1-2H3. The third kappa shape index (κ3) is 2.47. The molecule has 1 aromatic carbocycles. The largest absolute Gasteiger partial charge is 0.487 e. The third-order valence-corrected chi connectivity index (χ3v) is 2.14. The Kier molecular flexibility index (Phi) is 3.92. The molecule has 0 fully saturated rings. The fourth-order valence-electron chi connectivity index (χ4n) is 1.44. The van der Waals surface area contributed by atoms with E-state index in [1.54, 1.807) is 6.92 Å². The highest BCUT2D eigenvalue weighted by Gasteiger charge is 2.25. The van der Waals surface area contributed by atoms with Crippen LogP contribution in [0.4, 0.5) is 5.69 Å². The molecular weight excluding hydrogens is 226 g/mol. The third-order valence-electron chi connectivity index (χ3n) is 2.14. The van der Waals surface area contributed by atoms with Crippen LogP contribution in [-0.2, 0) is 0 Å². The smallest absolute Gasteiger partial charge is 0.322 e. The maximum Gasteiger partial charge on any atom is 0.322 e. The minimum Gasteiger partial charge on any atom is -0.487 e. The predicted octanol–water partition coefficient (Wildman–Crippen LogP) is 2.01. The number of hydrogen-bond acceptors (Lipinski definition) is 5. The molecule has 90 valence electrons. The van der Waals surface area contributed by atoms with E-state index in [0.29, 0.717) is 6.29 Å². The highest BCUT2D eigenvalue weighted by atomic mass is 16.6. The molecule has 0 amide bonds. The zero-order valence-electron chi connectivity index (χ0n) is 9.43. The van der Waals surface area contributed by atoms with Crippen molar-refractivity contribution >= 4 is 17.8 Å². The van der Waals surface area contributed by atoms with Gasteiger partial charge in [0.05, 0.1) is 22.7 Å². The SMILES string of the molecule is CCOc1c(C(C)=O)ccc(C=O)c1[N+](=O)[O-]. The number of aldehydes is 1. The summed E-state index contributed by atoms with van der Waals surface area (Å²) in [5.74, 6) is -0.497. The lowest BCUT2D eigenvalue weighted by Crippen LogP contribution is -2.06. The molecule has 17 heavy (non-hydrogen) atoms. The van der Waals surface area contributed by atoms with Crippen LogP contribution in [0.5, 0.6) is 5.75 Å². The fraction of sp³-hybridized carbons (Fsp3) is 0.273. The number of nitrogens with zero attached hydrogens (tertiary/aromatic N) is 1. The van der Waals surface area contributed by atoms with Crippen LogP contribution in [-0.4, -0.2) is 23.6 Å². The molecule has 0 unspecified atom stereocenters. The number of benzene rings is 1. The number of Topliss-reactive ketones (excluding diaryl/α,β-unsaturated/α-hetero) is 1. The lowest BCUT2D eigenvalue weighted by molar-refractivity contribution is -0.386. The fourth-order valence-corrected chi connectivity index (χ4v) is 1.44. The molecule has 0 spiro atoms. The van der Waals surface area contributed by atoms with Crippen molar-refractivity contribution in [3.63, 3.8) is 0 Å². The van der Waals surface area contributed by atoms with Gasteiger partial charge < -0.3 is 4.74 Å². The van der Waals surface area contributed by atoms with Crippen LogP contribution in [0.3, 0.4) is 0 Å². The van der Waals surface area contributed by atoms with Crippen LogP contribution in [0.2, 0.25) is 0 Å². The van der Waals surface area contributed by atoms with E-state index in [2.05, 4.69) is 0 Å². The number of ether oxygens (including phenoxy) is 1. The highest BCUT2D eigenvalue weighted by molar-refractivity contribution is 6.00. The number of rotatable bonds is 5. The summed E-state index contributed by atoms with van der Waals surface area (Å²) >= 11 is 0. The summed E-state index contributed by atoms with van der Waals surface area (Å²) in [6.07, 6.45) is 0.366. The summed E-state index contributed by atoms with van der Waals surface area (Å²) in [6.45, 7) is 3.09. The van der Waals surface area contributed by atoms with Crippen molar-refractivity contribution in [2.24, 2.45) is 0 Å². The van der Waals surface area contributed by atoms with Gasteiger partial charge in [0.1, 0.15) is 0 Å². The first kappa shape index (κ1) is 12.8. The summed E-state index contributed by atoms with van der Waals surface area (Å²) in [4.78, 5) is 32.2. The molecule has 1 aromatic rings. The Morgan fingerprint density at radius 1 is 1.53 bits per heavy atom. The van der Waals surface area contributed by atoms with Crippen molar-refractivity contribution in [1.82, 2.24) is 0 Å². The maximum absolute atomic E-state index is 11.3. The van der Waals surface area contributed by atoms with Crippen LogP contribution < -0.4 is 4.74 Å². The maximum atomic E-state index is 11.3. The number of ketones is 1. The van der Waals surface area contributed by atoms with Gasteiger partial charge in [0, 0.05) is 0 Å². The Bertz CT molecular complexity index is 481. The summed E-state index contributed by atoms with van der Waals surface area (Å²) in [5.41, 5.74) is -0.470. The van der Waals surface area contributed by atoms with E-state index in [1.165, 1.54) is 19.1 Å². The van der Waals surface area contributed by atoms with Gasteiger partial charge in [-0.3, -0.25) is 19.7 Å². The van der Waals surface area contributed by atoms with E-state index < -0.39 is 10.6 Å².